The van der Waals surface area contributed by atoms with Crippen LogP contribution in [0.25, 0.3) is 0 Å². The standard InChI is InChI=1S/C20H24N4O5/c1-4-10-23(11-5-2)19(26)15-12-17(20(27)22(3)13-15)21-18(25)14-6-8-16(9-7-14)24(28)29/h6-9,12-13H,4-5,10-11H2,1-3H3,(H,21,25). The average molecular weight is 400 g/mol. The van der Waals surface area contributed by atoms with Crippen LogP contribution >= 0.6 is 0 Å². The second kappa shape index (κ2) is 9.63. The molecule has 0 bridgehead atoms. The van der Waals surface area contributed by atoms with E-state index in [9.17, 15) is 24.5 Å². The summed E-state index contributed by atoms with van der Waals surface area (Å²) in [5, 5.41) is 13.2. The maximum absolute atomic E-state index is 12.8. The first-order chi connectivity index (χ1) is 13.8. The lowest BCUT2D eigenvalue weighted by atomic mass is 10.1. The Morgan fingerprint density at radius 1 is 1.10 bits per heavy atom. The first kappa shape index (κ1) is 21.8. The fraction of sp³-hybridized carbons (Fsp3) is 0.350. The maximum Gasteiger partial charge on any atom is 0.274 e. The minimum absolute atomic E-state index is 0.0327. The highest BCUT2D eigenvalue weighted by Crippen LogP contribution is 2.14. The van der Waals surface area contributed by atoms with E-state index in [-0.39, 0.29) is 22.8 Å². The van der Waals surface area contributed by atoms with Crippen molar-refractivity contribution in [3.05, 3.63) is 68.1 Å². The van der Waals surface area contributed by atoms with E-state index in [0.717, 1.165) is 12.8 Å². The zero-order chi connectivity index (χ0) is 21.6. The van der Waals surface area contributed by atoms with Crippen molar-refractivity contribution in [2.75, 3.05) is 18.4 Å². The van der Waals surface area contributed by atoms with Gasteiger partial charge in [0.05, 0.1) is 10.5 Å². The number of aryl methyl sites for hydroxylation is 1. The van der Waals surface area contributed by atoms with Gasteiger partial charge in [-0.25, -0.2) is 0 Å². The van der Waals surface area contributed by atoms with Gasteiger partial charge in [-0.15, -0.1) is 0 Å². The van der Waals surface area contributed by atoms with Crippen molar-refractivity contribution in [1.82, 2.24) is 9.47 Å². The van der Waals surface area contributed by atoms with Gasteiger partial charge in [-0.3, -0.25) is 24.5 Å². The Bertz CT molecular complexity index is 960. The number of nitrogens with one attached hydrogen (secondary N) is 1. The molecule has 0 radical (unpaired) electrons. The van der Waals surface area contributed by atoms with Crippen LogP contribution in [-0.2, 0) is 7.05 Å². The third-order valence-electron chi connectivity index (χ3n) is 4.29. The largest absolute Gasteiger partial charge is 0.339 e. The number of aromatic nitrogens is 1. The van der Waals surface area contributed by atoms with E-state index in [1.807, 2.05) is 13.8 Å². The summed E-state index contributed by atoms with van der Waals surface area (Å²) in [6, 6.07) is 6.39. The molecule has 1 aromatic heterocycles. The normalized spacial score (nSPS) is 10.4. The van der Waals surface area contributed by atoms with E-state index in [0.29, 0.717) is 18.7 Å². The number of hydrogen-bond donors (Lipinski definition) is 1. The van der Waals surface area contributed by atoms with Gasteiger partial charge < -0.3 is 14.8 Å². The fourth-order valence-corrected chi connectivity index (χ4v) is 2.88. The molecule has 0 unspecified atom stereocenters. The van der Waals surface area contributed by atoms with Crippen LogP contribution < -0.4 is 10.9 Å². The molecule has 1 heterocycles. The molecule has 2 amide bonds. The topological polar surface area (TPSA) is 115 Å². The second-order valence-corrected chi connectivity index (χ2v) is 6.61. The monoisotopic (exact) mass is 400 g/mol. The fourth-order valence-electron chi connectivity index (χ4n) is 2.88. The highest BCUT2D eigenvalue weighted by molar-refractivity contribution is 6.05. The van der Waals surface area contributed by atoms with E-state index in [1.54, 1.807) is 4.90 Å². The lowest BCUT2D eigenvalue weighted by molar-refractivity contribution is -0.384. The van der Waals surface area contributed by atoms with Gasteiger partial charge in [0.1, 0.15) is 5.69 Å². The molecule has 9 nitrogen and oxygen atoms in total. The van der Waals surface area contributed by atoms with E-state index < -0.39 is 16.4 Å². The summed E-state index contributed by atoms with van der Waals surface area (Å²) in [6.07, 6.45) is 3.06. The van der Waals surface area contributed by atoms with Crippen LogP contribution in [0.2, 0.25) is 0 Å². The Labute approximate surface area is 168 Å². The molecule has 2 aromatic rings. The molecule has 0 spiro atoms. The van der Waals surface area contributed by atoms with Gasteiger partial charge in [-0.2, -0.15) is 0 Å². The minimum Gasteiger partial charge on any atom is -0.339 e. The van der Waals surface area contributed by atoms with Gasteiger partial charge in [0.15, 0.2) is 0 Å². The smallest absolute Gasteiger partial charge is 0.274 e. The van der Waals surface area contributed by atoms with Crippen LogP contribution in [0.15, 0.2) is 41.3 Å². The zero-order valence-corrected chi connectivity index (χ0v) is 16.7. The molecule has 0 atom stereocenters. The van der Waals surface area contributed by atoms with E-state index in [4.69, 9.17) is 0 Å². The number of hydrogen-bond acceptors (Lipinski definition) is 5. The number of rotatable bonds is 8. The van der Waals surface area contributed by atoms with Crippen molar-refractivity contribution in [3.63, 3.8) is 0 Å². The summed E-state index contributed by atoms with van der Waals surface area (Å²) in [5.41, 5.74) is -0.179. The van der Waals surface area contributed by atoms with Crippen LogP contribution in [0.3, 0.4) is 0 Å². The summed E-state index contributed by atoms with van der Waals surface area (Å²) < 4.78 is 1.24. The number of nitro benzene ring substituents is 1. The predicted octanol–water partition coefficient (Wildman–Crippen LogP) is 2.81. The molecule has 0 saturated heterocycles. The number of nitrogens with zero attached hydrogens (tertiary/aromatic N) is 3. The van der Waals surface area contributed by atoms with Crippen LogP contribution in [0, 0.1) is 10.1 Å². The SMILES string of the molecule is CCCN(CCC)C(=O)c1cc(NC(=O)c2ccc([N+](=O)[O-])cc2)c(=O)n(C)c1. The number of anilines is 1. The van der Waals surface area contributed by atoms with Gasteiger partial charge in [-0.1, -0.05) is 13.8 Å². The van der Waals surface area contributed by atoms with Crippen molar-refractivity contribution < 1.29 is 14.5 Å². The molecule has 0 aliphatic rings. The Hall–Kier alpha value is -3.49. The van der Waals surface area contributed by atoms with Crippen molar-refractivity contribution >= 4 is 23.2 Å². The van der Waals surface area contributed by atoms with E-state index >= 15 is 0 Å². The molecular formula is C20H24N4O5. The van der Waals surface area contributed by atoms with Crippen molar-refractivity contribution in [1.29, 1.82) is 0 Å². The predicted molar refractivity (Wildman–Crippen MR) is 109 cm³/mol. The third-order valence-corrected chi connectivity index (χ3v) is 4.29. The van der Waals surface area contributed by atoms with Gasteiger partial charge in [0.2, 0.25) is 0 Å². The van der Waals surface area contributed by atoms with Gasteiger partial charge in [0.25, 0.3) is 23.1 Å². The number of non-ortho nitro benzene ring substituents is 1. The van der Waals surface area contributed by atoms with Crippen LogP contribution in [0.4, 0.5) is 11.4 Å². The molecule has 0 aliphatic carbocycles. The summed E-state index contributed by atoms with van der Waals surface area (Å²) in [7, 11) is 1.50. The Morgan fingerprint density at radius 3 is 2.21 bits per heavy atom. The zero-order valence-electron chi connectivity index (χ0n) is 16.7. The quantitative estimate of drug-likeness (QED) is 0.540. The van der Waals surface area contributed by atoms with Crippen molar-refractivity contribution in [3.8, 4) is 0 Å². The number of carbonyl (C=O) groups excluding carboxylic acids is 2. The summed E-state index contributed by atoms with van der Waals surface area (Å²) in [5.74, 6) is -0.810. The lowest BCUT2D eigenvalue weighted by Gasteiger charge is -2.22. The number of benzene rings is 1. The van der Waals surface area contributed by atoms with E-state index in [1.165, 1.54) is 48.1 Å². The summed E-state index contributed by atoms with van der Waals surface area (Å²) >= 11 is 0. The van der Waals surface area contributed by atoms with Gasteiger partial charge in [-0.05, 0) is 31.0 Å². The van der Waals surface area contributed by atoms with Crippen LogP contribution in [0.1, 0.15) is 47.4 Å². The van der Waals surface area contributed by atoms with Gasteiger partial charge in [0, 0.05) is 44.0 Å². The highest BCUT2D eigenvalue weighted by atomic mass is 16.6. The third kappa shape index (κ3) is 5.28. The first-order valence-corrected chi connectivity index (χ1v) is 9.34. The van der Waals surface area contributed by atoms with E-state index in [2.05, 4.69) is 5.32 Å². The summed E-state index contributed by atoms with van der Waals surface area (Å²) in [6.45, 7) is 5.15. The molecule has 2 rings (SSSR count). The molecule has 154 valence electrons. The Morgan fingerprint density at radius 2 is 1.69 bits per heavy atom. The molecule has 1 aromatic carbocycles. The summed E-state index contributed by atoms with van der Waals surface area (Å²) in [4.78, 5) is 49.6. The van der Waals surface area contributed by atoms with Crippen LogP contribution in [-0.4, -0.2) is 39.3 Å². The highest BCUT2D eigenvalue weighted by Gasteiger charge is 2.18. The molecule has 0 aliphatic heterocycles. The maximum atomic E-state index is 12.8. The van der Waals surface area contributed by atoms with Crippen LogP contribution in [0.5, 0.6) is 0 Å². The molecule has 0 fully saturated rings. The number of nitro groups is 1. The first-order valence-electron chi connectivity index (χ1n) is 9.34. The minimum atomic E-state index is -0.597. The molecule has 29 heavy (non-hydrogen) atoms. The number of pyridine rings is 1. The molecule has 0 saturated carbocycles. The number of amides is 2. The van der Waals surface area contributed by atoms with Gasteiger partial charge >= 0.3 is 0 Å². The molecule has 9 heteroatoms. The molecular weight excluding hydrogens is 376 g/mol. The van der Waals surface area contributed by atoms with Crippen molar-refractivity contribution in [2.24, 2.45) is 7.05 Å². The second-order valence-electron chi connectivity index (χ2n) is 6.61. The average Bonchev–Trinajstić information content (AvgIpc) is 2.70. The lowest BCUT2D eigenvalue weighted by Crippen LogP contribution is -2.34. The Balaban J connectivity index is 2.30. The number of carbonyl (C=O) groups is 2. The Kier molecular flexibility index (Phi) is 7.24. The molecule has 1 N–H and O–H groups in total. The van der Waals surface area contributed by atoms with Crippen molar-refractivity contribution in [2.45, 2.75) is 26.7 Å².